The topological polar surface area (TPSA) is 77.5 Å². The van der Waals surface area contributed by atoms with Crippen molar-refractivity contribution >= 4 is 11.7 Å². The van der Waals surface area contributed by atoms with Gasteiger partial charge in [0.05, 0.1) is 7.11 Å². The fourth-order valence-electron chi connectivity index (χ4n) is 2.08. The molecule has 6 heteroatoms. The molecule has 0 saturated heterocycles. The zero-order valence-electron chi connectivity index (χ0n) is 13.7. The minimum atomic E-state index is -0.233. The van der Waals surface area contributed by atoms with Crippen molar-refractivity contribution in [1.82, 2.24) is 10.3 Å². The van der Waals surface area contributed by atoms with Crippen LogP contribution in [0.3, 0.4) is 0 Å². The highest BCUT2D eigenvalue weighted by Gasteiger charge is 2.10. The van der Waals surface area contributed by atoms with Crippen LogP contribution in [0.15, 0.2) is 42.6 Å². The SMILES string of the molecule is COc1cc(C(C)=O)ccc1OCC(=O)NCCc1ccccn1. The number of pyridine rings is 1. The Morgan fingerprint density at radius 2 is 2.00 bits per heavy atom. The summed E-state index contributed by atoms with van der Waals surface area (Å²) in [6.45, 7) is 1.84. The van der Waals surface area contributed by atoms with E-state index in [2.05, 4.69) is 10.3 Å². The van der Waals surface area contributed by atoms with Crippen molar-refractivity contribution in [2.24, 2.45) is 0 Å². The minimum absolute atomic E-state index is 0.0629. The zero-order valence-corrected chi connectivity index (χ0v) is 13.7. The zero-order chi connectivity index (χ0) is 17.4. The van der Waals surface area contributed by atoms with Crippen molar-refractivity contribution in [3.05, 3.63) is 53.9 Å². The third-order valence-electron chi connectivity index (χ3n) is 3.36. The number of nitrogens with one attached hydrogen (secondary N) is 1. The lowest BCUT2D eigenvalue weighted by atomic mass is 10.1. The van der Waals surface area contributed by atoms with E-state index in [-0.39, 0.29) is 18.3 Å². The molecule has 1 amide bonds. The first-order chi connectivity index (χ1) is 11.6. The van der Waals surface area contributed by atoms with E-state index in [4.69, 9.17) is 9.47 Å². The molecular weight excluding hydrogens is 308 g/mol. The third-order valence-corrected chi connectivity index (χ3v) is 3.36. The molecular formula is C18H20N2O4. The molecule has 1 N–H and O–H groups in total. The van der Waals surface area contributed by atoms with Gasteiger partial charge in [0.2, 0.25) is 0 Å². The summed E-state index contributed by atoms with van der Waals surface area (Å²) in [4.78, 5) is 27.4. The molecule has 6 nitrogen and oxygen atoms in total. The maximum Gasteiger partial charge on any atom is 0.257 e. The first kappa shape index (κ1) is 17.5. The van der Waals surface area contributed by atoms with Crippen LogP contribution >= 0.6 is 0 Å². The van der Waals surface area contributed by atoms with E-state index in [0.29, 0.717) is 30.0 Å². The number of Topliss-reactive ketones (excluding diaryl/α,β-unsaturated/α-hetero) is 1. The second-order valence-electron chi connectivity index (χ2n) is 5.13. The molecule has 0 radical (unpaired) electrons. The van der Waals surface area contributed by atoms with Gasteiger partial charge in [0.25, 0.3) is 5.91 Å². The molecule has 0 fully saturated rings. The number of rotatable bonds is 8. The number of benzene rings is 1. The Hall–Kier alpha value is -2.89. The van der Waals surface area contributed by atoms with Crippen LogP contribution in [0, 0.1) is 0 Å². The van der Waals surface area contributed by atoms with Gasteiger partial charge < -0.3 is 14.8 Å². The maximum absolute atomic E-state index is 11.8. The Kier molecular flexibility index (Phi) is 6.31. The lowest BCUT2D eigenvalue weighted by molar-refractivity contribution is -0.123. The molecule has 0 aliphatic carbocycles. The van der Waals surface area contributed by atoms with E-state index >= 15 is 0 Å². The van der Waals surface area contributed by atoms with E-state index < -0.39 is 0 Å². The Bertz CT molecular complexity index is 701. The summed E-state index contributed by atoms with van der Waals surface area (Å²) in [6, 6.07) is 10.5. The van der Waals surface area contributed by atoms with E-state index in [1.54, 1.807) is 24.4 Å². The first-order valence-corrected chi connectivity index (χ1v) is 7.58. The highest BCUT2D eigenvalue weighted by Crippen LogP contribution is 2.28. The Labute approximate surface area is 140 Å². The summed E-state index contributed by atoms with van der Waals surface area (Å²) in [7, 11) is 1.49. The number of hydrogen-bond donors (Lipinski definition) is 1. The van der Waals surface area contributed by atoms with Crippen LogP contribution in [-0.4, -0.2) is 36.9 Å². The number of methoxy groups -OCH3 is 1. The van der Waals surface area contributed by atoms with Crippen LogP contribution in [0.4, 0.5) is 0 Å². The van der Waals surface area contributed by atoms with Crippen LogP contribution in [0.1, 0.15) is 23.0 Å². The summed E-state index contributed by atoms with van der Waals surface area (Å²) in [5.41, 5.74) is 1.44. The largest absolute Gasteiger partial charge is 0.493 e. The highest BCUT2D eigenvalue weighted by atomic mass is 16.5. The van der Waals surface area contributed by atoms with Gasteiger partial charge >= 0.3 is 0 Å². The molecule has 2 aromatic rings. The fourth-order valence-corrected chi connectivity index (χ4v) is 2.08. The molecule has 0 aliphatic rings. The number of amides is 1. The van der Waals surface area contributed by atoms with Gasteiger partial charge in [-0.2, -0.15) is 0 Å². The number of nitrogens with zero attached hydrogens (tertiary/aromatic N) is 1. The van der Waals surface area contributed by atoms with Gasteiger partial charge in [-0.05, 0) is 37.3 Å². The molecule has 0 bridgehead atoms. The molecule has 0 saturated carbocycles. The van der Waals surface area contributed by atoms with E-state index in [0.717, 1.165) is 5.69 Å². The lowest BCUT2D eigenvalue weighted by Crippen LogP contribution is -2.30. The monoisotopic (exact) mass is 328 g/mol. The van der Waals surface area contributed by atoms with Crippen molar-refractivity contribution in [1.29, 1.82) is 0 Å². The predicted molar refractivity (Wildman–Crippen MR) is 89.4 cm³/mol. The number of hydrogen-bond acceptors (Lipinski definition) is 5. The van der Waals surface area contributed by atoms with Gasteiger partial charge in [0.1, 0.15) is 0 Å². The van der Waals surface area contributed by atoms with Crippen molar-refractivity contribution in [2.75, 3.05) is 20.3 Å². The Morgan fingerprint density at radius 3 is 2.67 bits per heavy atom. The van der Waals surface area contributed by atoms with Gasteiger partial charge in [-0.3, -0.25) is 14.6 Å². The average molecular weight is 328 g/mol. The highest BCUT2D eigenvalue weighted by molar-refractivity contribution is 5.94. The molecule has 24 heavy (non-hydrogen) atoms. The first-order valence-electron chi connectivity index (χ1n) is 7.58. The normalized spacial score (nSPS) is 10.1. The standard InChI is InChI=1S/C18H20N2O4/c1-13(21)14-6-7-16(17(11-14)23-2)24-12-18(22)20-10-8-15-5-3-4-9-19-15/h3-7,9,11H,8,10,12H2,1-2H3,(H,20,22). The average Bonchev–Trinajstić information content (AvgIpc) is 2.60. The molecule has 0 atom stereocenters. The van der Waals surface area contributed by atoms with Crippen LogP contribution in [0.5, 0.6) is 11.5 Å². The van der Waals surface area contributed by atoms with Gasteiger partial charge in [-0.15, -0.1) is 0 Å². The van der Waals surface area contributed by atoms with Crippen molar-refractivity contribution in [3.8, 4) is 11.5 Å². The molecule has 1 aromatic heterocycles. The number of aromatic nitrogens is 1. The molecule has 1 aromatic carbocycles. The van der Waals surface area contributed by atoms with Crippen molar-refractivity contribution in [2.45, 2.75) is 13.3 Å². The summed E-state index contributed by atoms with van der Waals surface area (Å²) in [6.07, 6.45) is 2.38. The molecule has 0 aliphatic heterocycles. The number of carbonyl (C=O) groups is 2. The number of carbonyl (C=O) groups excluding carboxylic acids is 2. The van der Waals surface area contributed by atoms with Gasteiger partial charge in [0.15, 0.2) is 23.9 Å². The summed E-state index contributed by atoms with van der Waals surface area (Å²) in [5, 5.41) is 2.77. The van der Waals surface area contributed by atoms with Crippen LogP contribution in [0.25, 0.3) is 0 Å². The predicted octanol–water partition coefficient (Wildman–Crippen LogP) is 2.03. The van der Waals surface area contributed by atoms with E-state index in [1.807, 2.05) is 18.2 Å². The van der Waals surface area contributed by atoms with Gasteiger partial charge in [-0.25, -0.2) is 0 Å². The molecule has 2 rings (SSSR count). The number of ether oxygens (including phenoxy) is 2. The molecule has 126 valence electrons. The quantitative estimate of drug-likeness (QED) is 0.750. The summed E-state index contributed by atoms with van der Waals surface area (Å²) < 4.78 is 10.7. The van der Waals surface area contributed by atoms with E-state index in [9.17, 15) is 9.59 Å². The van der Waals surface area contributed by atoms with Crippen LogP contribution in [-0.2, 0) is 11.2 Å². The minimum Gasteiger partial charge on any atom is -0.493 e. The number of ketones is 1. The second-order valence-corrected chi connectivity index (χ2v) is 5.13. The van der Waals surface area contributed by atoms with Gasteiger partial charge in [-0.1, -0.05) is 6.07 Å². The third kappa shape index (κ3) is 5.08. The lowest BCUT2D eigenvalue weighted by Gasteiger charge is -2.11. The molecule has 1 heterocycles. The fraction of sp³-hybridized carbons (Fsp3) is 0.278. The summed E-state index contributed by atoms with van der Waals surface area (Å²) in [5.74, 6) is 0.544. The van der Waals surface area contributed by atoms with E-state index in [1.165, 1.54) is 14.0 Å². The van der Waals surface area contributed by atoms with Crippen molar-refractivity contribution < 1.29 is 19.1 Å². The van der Waals surface area contributed by atoms with Gasteiger partial charge in [0, 0.05) is 30.4 Å². The Morgan fingerprint density at radius 1 is 1.17 bits per heavy atom. The van der Waals surface area contributed by atoms with Crippen LogP contribution in [0.2, 0.25) is 0 Å². The second kappa shape index (κ2) is 8.67. The molecule has 0 unspecified atom stereocenters. The smallest absolute Gasteiger partial charge is 0.257 e. The Balaban J connectivity index is 1.82. The maximum atomic E-state index is 11.8. The molecule has 0 spiro atoms. The summed E-state index contributed by atoms with van der Waals surface area (Å²) >= 11 is 0. The van der Waals surface area contributed by atoms with Crippen molar-refractivity contribution in [3.63, 3.8) is 0 Å². The van der Waals surface area contributed by atoms with Crippen LogP contribution < -0.4 is 14.8 Å².